The summed E-state index contributed by atoms with van der Waals surface area (Å²) in [5.41, 5.74) is -1.08. The van der Waals surface area contributed by atoms with Crippen molar-refractivity contribution in [3.05, 3.63) is 78.0 Å². The molecule has 2 N–H and O–H groups in total. The van der Waals surface area contributed by atoms with Gasteiger partial charge in [-0.2, -0.15) is 13.2 Å². The van der Waals surface area contributed by atoms with E-state index in [1.165, 1.54) is 36.5 Å². The number of benzene rings is 2. The summed E-state index contributed by atoms with van der Waals surface area (Å²) in [4.78, 5) is 20.0. The van der Waals surface area contributed by atoms with Crippen LogP contribution in [0.3, 0.4) is 0 Å². The van der Waals surface area contributed by atoms with Gasteiger partial charge in [-0.25, -0.2) is 14.4 Å². The summed E-state index contributed by atoms with van der Waals surface area (Å²) in [6.45, 7) is 0. The van der Waals surface area contributed by atoms with Gasteiger partial charge in [0.1, 0.15) is 17.3 Å². The second-order valence-corrected chi connectivity index (χ2v) is 5.42. The largest absolute Gasteiger partial charge is 0.418 e. The van der Waals surface area contributed by atoms with Crippen molar-refractivity contribution in [2.24, 2.45) is 0 Å². The zero-order chi connectivity index (χ0) is 19.4. The standard InChI is InChI=1S/C18H12F4N4O/c19-11-4-3-5-12(8-11)25-16-10-23-15(9-24-16)17(27)26-14-7-2-1-6-13(14)18(20,21)22/h1-10H,(H,24,25)(H,26,27). The maximum absolute atomic E-state index is 13.2. The number of anilines is 3. The summed E-state index contributed by atoms with van der Waals surface area (Å²) in [6, 6.07) is 10.3. The fourth-order valence-electron chi connectivity index (χ4n) is 2.25. The first kappa shape index (κ1) is 18.3. The lowest BCUT2D eigenvalue weighted by molar-refractivity contribution is -0.136. The van der Waals surface area contributed by atoms with E-state index < -0.39 is 23.5 Å². The summed E-state index contributed by atoms with van der Waals surface area (Å²) in [5.74, 6) is -1.03. The maximum atomic E-state index is 13.2. The van der Waals surface area contributed by atoms with Crippen LogP contribution >= 0.6 is 0 Å². The third-order valence-electron chi connectivity index (χ3n) is 3.46. The quantitative estimate of drug-likeness (QED) is 0.652. The minimum absolute atomic E-state index is 0.170. The van der Waals surface area contributed by atoms with Crippen molar-refractivity contribution in [1.82, 2.24) is 9.97 Å². The molecule has 0 aliphatic carbocycles. The molecule has 1 heterocycles. The van der Waals surface area contributed by atoms with E-state index in [1.54, 1.807) is 6.07 Å². The predicted molar refractivity (Wildman–Crippen MR) is 91.1 cm³/mol. The van der Waals surface area contributed by atoms with Crippen LogP contribution in [0.15, 0.2) is 60.9 Å². The van der Waals surface area contributed by atoms with Gasteiger partial charge in [0.25, 0.3) is 5.91 Å². The summed E-state index contributed by atoms with van der Waals surface area (Å²) in [6.07, 6.45) is -2.28. The van der Waals surface area contributed by atoms with Crippen LogP contribution in [0.2, 0.25) is 0 Å². The molecule has 27 heavy (non-hydrogen) atoms. The predicted octanol–water partition coefficient (Wildman–Crippen LogP) is 4.63. The normalized spacial score (nSPS) is 11.1. The van der Waals surface area contributed by atoms with Crippen LogP contribution in [0.1, 0.15) is 16.1 Å². The Labute approximate surface area is 151 Å². The third-order valence-corrected chi connectivity index (χ3v) is 3.46. The molecule has 1 aromatic heterocycles. The summed E-state index contributed by atoms with van der Waals surface area (Å²) >= 11 is 0. The molecule has 0 saturated heterocycles. The Kier molecular flexibility index (Phi) is 5.02. The fourth-order valence-corrected chi connectivity index (χ4v) is 2.25. The highest BCUT2D eigenvalue weighted by molar-refractivity contribution is 6.03. The van der Waals surface area contributed by atoms with Crippen molar-refractivity contribution in [2.75, 3.05) is 10.6 Å². The van der Waals surface area contributed by atoms with E-state index in [0.717, 1.165) is 18.3 Å². The SMILES string of the molecule is O=C(Nc1ccccc1C(F)(F)F)c1cnc(Nc2cccc(F)c2)cn1. The molecule has 0 aliphatic heterocycles. The highest BCUT2D eigenvalue weighted by Crippen LogP contribution is 2.34. The zero-order valence-corrected chi connectivity index (χ0v) is 13.6. The number of hydrogen-bond donors (Lipinski definition) is 2. The van der Waals surface area contributed by atoms with Gasteiger partial charge >= 0.3 is 6.18 Å². The Balaban J connectivity index is 1.73. The molecule has 0 atom stereocenters. The van der Waals surface area contributed by atoms with Gasteiger partial charge in [0.2, 0.25) is 0 Å². The number of carbonyl (C=O) groups excluding carboxylic acids is 1. The topological polar surface area (TPSA) is 66.9 Å². The molecule has 5 nitrogen and oxygen atoms in total. The Morgan fingerprint density at radius 2 is 1.74 bits per heavy atom. The van der Waals surface area contributed by atoms with E-state index in [2.05, 4.69) is 20.6 Å². The molecule has 0 spiro atoms. The van der Waals surface area contributed by atoms with Crippen molar-refractivity contribution in [3.63, 3.8) is 0 Å². The summed E-state index contributed by atoms with van der Waals surface area (Å²) in [7, 11) is 0. The fraction of sp³-hybridized carbons (Fsp3) is 0.0556. The smallest absolute Gasteiger partial charge is 0.339 e. The molecule has 0 saturated carbocycles. The average Bonchev–Trinajstić information content (AvgIpc) is 2.62. The highest BCUT2D eigenvalue weighted by Gasteiger charge is 2.33. The molecule has 3 rings (SSSR count). The second kappa shape index (κ2) is 7.40. The number of rotatable bonds is 4. The molecule has 0 aliphatic rings. The summed E-state index contributed by atoms with van der Waals surface area (Å²) in [5, 5.41) is 4.97. The highest BCUT2D eigenvalue weighted by atomic mass is 19.4. The molecule has 1 amide bonds. The van der Waals surface area contributed by atoms with Gasteiger partial charge in [0.05, 0.1) is 23.6 Å². The van der Waals surface area contributed by atoms with Crippen LogP contribution in [0.5, 0.6) is 0 Å². The van der Waals surface area contributed by atoms with Crippen molar-refractivity contribution in [3.8, 4) is 0 Å². The van der Waals surface area contributed by atoms with E-state index in [0.29, 0.717) is 5.69 Å². The van der Waals surface area contributed by atoms with Crippen LogP contribution in [-0.2, 0) is 6.18 Å². The monoisotopic (exact) mass is 376 g/mol. The second-order valence-electron chi connectivity index (χ2n) is 5.42. The first-order valence-electron chi connectivity index (χ1n) is 7.65. The number of hydrogen-bond acceptors (Lipinski definition) is 4. The van der Waals surface area contributed by atoms with Gasteiger partial charge in [-0.1, -0.05) is 18.2 Å². The molecular weight excluding hydrogens is 364 g/mol. The van der Waals surface area contributed by atoms with Crippen molar-refractivity contribution >= 4 is 23.1 Å². The number of nitrogens with zero attached hydrogens (tertiary/aromatic N) is 2. The Bertz CT molecular complexity index is 958. The first-order chi connectivity index (χ1) is 12.8. The minimum atomic E-state index is -4.60. The number of para-hydroxylation sites is 1. The van der Waals surface area contributed by atoms with Crippen molar-refractivity contribution in [1.29, 1.82) is 0 Å². The molecule has 3 aromatic rings. The molecule has 0 fully saturated rings. The lowest BCUT2D eigenvalue weighted by Crippen LogP contribution is -2.18. The zero-order valence-electron chi connectivity index (χ0n) is 13.6. The molecule has 0 radical (unpaired) electrons. The van der Waals surface area contributed by atoms with Crippen molar-refractivity contribution < 1.29 is 22.4 Å². The van der Waals surface area contributed by atoms with Gasteiger partial charge in [-0.05, 0) is 30.3 Å². The van der Waals surface area contributed by atoms with Crippen LogP contribution < -0.4 is 10.6 Å². The van der Waals surface area contributed by atoms with Gasteiger partial charge < -0.3 is 10.6 Å². The number of nitrogens with one attached hydrogen (secondary N) is 2. The van der Waals surface area contributed by atoms with Gasteiger partial charge in [-0.3, -0.25) is 4.79 Å². The number of alkyl halides is 3. The van der Waals surface area contributed by atoms with E-state index in [-0.39, 0.29) is 17.2 Å². The lowest BCUT2D eigenvalue weighted by atomic mass is 10.1. The number of carbonyl (C=O) groups is 1. The molecule has 2 aromatic carbocycles. The molecule has 0 unspecified atom stereocenters. The Morgan fingerprint density at radius 1 is 0.963 bits per heavy atom. The molecule has 9 heteroatoms. The van der Waals surface area contributed by atoms with E-state index in [1.807, 2.05) is 0 Å². The van der Waals surface area contributed by atoms with Crippen LogP contribution in [0, 0.1) is 5.82 Å². The van der Waals surface area contributed by atoms with Gasteiger partial charge in [-0.15, -0.1) is 0 Å². The average molecular weight is 376 g/mol. The van der Waals surface area contributed by atoms with Crippen LogP contribution in [0.25, 0.3) is 0 Å². The number of halogens is 4. The number of aromatic nitrogens is 2. The Morgan fingerprint density at radius 3 is 2.41 bits per heavy atom. The minimum Gasteiger partial charge on any atom is -0.339 e. The van der Waals surface area contributed by atoms with Gasteiger partial charge in [0.15, 0.2) is 0 Å². The van der Waals surface area contributed by atoms with Crippen molar-refractivity contribution in [2.45, 2.75) is 6.18 Å². The van der Waals surface area contributed by atoms with Gasteiger partial charge in [0, 0.05) is 5.69 Å². The molecule has 138 valence electrons. The van der Waals surface area contributed by atoms with E-state index >= 15 is 0 Å². The first-order valence-corrected chi connectivity index (χ1v) is 7.65. The summed E-state index contributed by atoms with van der Waals surface area (Å²) < 4.78 is 52.1. The lowest BCUT2D eigenvalue weighted by Gasteiger charge is -2.13. The van der Waals surface area contributed by atoms with Crippen LogP contribution in [0.4, 0.5) is 34.8 Å². The maximum Gasteiger partial charge on any atom is 0.418 e. The van der Waals surface area contributed by atoms with E-state index in [9.17, 15) is 22.4 Å². The Hall–Kier alpha value is -3.49. The third kappa shape index (κ3) is 4.57. The van der Waals surface area contributed by atoms with E-state index in [4.69, 9.17) is 0 Å². The van der Waals surface area contributed by atoms with Crippen LogP contribution in [-0.4, -0.2) is 15.9 Å². The number of amides is 1. The molecular formula is C18H12F4N4O. The molecule has 0 bridgehead atoms.